The van der Waals surface area contributed by atoms with E-state index in [1.807, 2.05) is 37.3 Å². The summed E-state index contributed by atoms with van der Waals surface area (Å²) in [5.41, 5.74) is 9.13. The topological polar surface area (TPSA) is 50.9 Å². The highest BCUT2D eigenvalue weighted by Gasteiger charge is 2.15. The van der Waals surface area contributed by atoms with E-state index < -0.39 is 0 Å². The molecule has 0 radical (unpaired) electrons. The lowest BCUT2D eigenvalue weighted by Gasteiger charge is -2.25. The molecule has 0 aliphatic carbocycles. The van der Waals surface area contributed by atoms with Gasteiger partial charge in [0.1, 0.15) is 5.75 Å². The molecular formula is C14H17N3O. The van der Waals surface area contributed by atoms with Crippen LogP contribution < -0.4 is 10.5 Å². The zero-order chi connectivity index (χ0) is 13.1. The molecule has 4 nitrogen and oxygen atoms in total. The fourth-order valence-corrected chi connectivity index (χ4v) is 1.78. The van der Waals surface area contributed by atoms with Crippen molar-refractivity contribution in [2.45, 2.75) is 6.92 Å². The first-order chi connectivity index (χ1) is 8.65. The first-order valence-electron chi connectivity index (χ1n) is 5.82. The first-order valence-corrected chi connectivity index (χ1v) is 5.82. The number of rotatable bonds is 3. The lowest BCUT2D eigenvalue weighted by atomic mass is 10.1. The average Bonchev–Trinajstić information content (AvgIpc) is 2.41. The minimum absolute atomic E-state index is 0.643. The van der Waals surface area contributed by atoms with Crippen molar-refractivity contribution in [1.29, 1.82) is 0 Å². The van der Waals surface area contributed by atoms with Crippen molar-refractivity contribution in [2.24, 2.45) is 10.8 Å². The molecule has 1 aromatic carbocycles. The fraction of sp³-hybridized carbons (Fsp3) is 0.214. The van der Waals surface area contributed by atoms with E-state index in [-0.39, 0.29) is 0 Å². The standard InChI is InChI=1S/C14H17N3O/c1-4-17-10(2)13(15)9-14(16-17)11-6-5-7-12(8-11)18-3/h5-9H,2,4,15H2,1,3H3. The Hall–Kier alpha value is -2.23. The number of hydrogen-bond donors (Lipinski definition) is 1. The van der Waals surface area contributed by atoms with Gasteiger partial charge in [0, 0.05) is 12.1 Å². The van der Waals surface area contributed by atoms with E-state index in [4.69, 9.17) is 10.5 Å². The molecule has 4 heteroatoms. The van der Waals surface area contributed by atoms with Crippen LogP contribution in [-0.4, -0.2) is 24.4 Å². The highest BCUT2D eigenvalue weighted by Crippen LogP contribution is 2.20. The summed E-state index contributed by atoms with van der Waals surface area (Å²) in [6.45, 7) is 6.66. The number of likely N-dealkylation sites (N-methyl/N-ethyl adjacent to an activating group) is 1. The normalized spacial score (nSPS) is 15.2. The minimum atomic E-state index is 0.643. The Labute approximate surface area is 107 Å². The molecule has 0 aromatic heterocycles. The van der Waals surface area contributed by atoms with Gasteiger partial charge in [0.05, 0.1) is 24.2 Å². The summed E-state index contributed by atoms with van der Waals surface area (Å²) in [5.74, 6) is 0.801. The van der Waals surface area contributed by atoms with Crippen LogP contribution in [0.2, 0.25) is 0 Å². The summed E-state index contributed by atoms with van der Waals surface area (Å²) in [5, 5.41) is 6.31. The summed E-state index contributed by atoms with van der Waals surface area (Å²) >= 11 is 0. The van der Waals surface area contributed by atoms with Crippen molar-refractivity contribution < 1.29 is 4.74 Å². The van der Waals surface area contributed by atoms with Crippen LogP contribution in [0, 0.1) is 0 Å². The second kappa shape index (κ2) is 4.96. The van der Waals surface area contributed by atoms with Gasteiger partial charge in [0.2, 0.25) is 0 Å². The number of ether oxygens (including phenoxy) is 1. The van der Waals surface area contributed by atoms with Gasteiger partial charge in [-0.3, -0.25) is 5.01 Å². The van der Waals surface area contributed by atoms with E-state index in [1.165, 1.54) is 0 Å². The van der Waals surface area contributed by atoms with E-state index in [1.54, 1.807) is 12.1 Å². The maximum atomic E-state index is 5.95. The highest BCUT2D eigenvalue weighted by atomic mass is 16.5. The Morgan fingerprint density at radius 1 is 1.44 bits per heavy atom. The maximum absolute atomic E-state index is 5.95. The summed E-state index contributed by atoms with van der Waals surface area (Å²) in [6.07, 6.45) is 1.84. The molecule has 2 N–H and O–H groups in total. The summed E-state index contributed by atoms with van der Waals surface area (Å²) in [7, 11) is 1.65. The second-order valence-corrected chi connectivity index (χ2v) is 3.98. The van der Waals surface area contributed by atoms with Gasteiger partial charge in [-0.2, -0.15) is 5.10 Å². The second-order valence-electron chi connectivity index (χ2n) is 3.98. The average molecular weight is 243 g/mol. The van der Waals surface area contributed by atoms with E-state index in [0.29, 0.717) is 5.70 Å². The number of nitrogens with two attached hydrogens (primary N) is 1. The fourth-order valence-electron chi connectivity index (χ4n) is 1.78. The number of nitrogens with zero attached hydrogens (tertiary/aromatic N) is 2. The van der Waals surface area contributed by atoms with Gasteiger partial charge >= 0.3 is 0 Å². The van der Waals surface area contributed by atoms with E-state index >= 15 is 0 Å². The third-order valence-corrected chi connectivity index (χ3v) is 2.83. The lowest BCUT2D eigenvalue weighted by Crippen LogP contribution is -2.26. The monoisotopic (exact) mass is 243 g/mol. The van der Waals surface area contributed by atoms with Crippen molar-refractivity contribution in [1.82, 2.24) is 5.01 Å². The molecule has 1 heterocycles. The maximum Gasteiger partial charge on any atom is 0.119 e. The Kier molecular flexibility index (Phi) is 3.37. The number of benzene rings is 1. The van der Waals surface area contributed by atoms with Gasteiger partial charge in [0.25, 0.3) is 0 Å². The molecule has 94 valence electrons. The molecule has 0 saturated carbocycles. The van der Waals surface area contributed by atoms with Gasteiger partial charge in [-0.05, 0) is 25.1 Å². The van der Waals surface area contributed by atoms with Crippen LogP contribution in [0.5, 0.6) is 5.75 Å². The van der Waals surface area contributed by atoms with Crippen molar-refractivity contribution in [3.8, 4) is 5.75 Å². The predicted octanol–water partition coefficient (Wildman–Crippen LogP) is 2.09. The molecule has 2 rings (SSSR count). The van der Waals surface area contributed by atoms with Crippen LogP contribution in [0.1, 0.15) is 12.5 Å². The van der Waals surface area contributed by atoms with Crippen LogP contribution in [0.4, 0.5) is 0 Å². The van der Waals surface area contributed by atoms with Gasteiger partial charge in [0.15, 0.2) is 0 Å². The molecule has 1 aromatic rings. The number of allylic oxidation sites excluding steroid dienone is 1. The summed E-state index contributed by atoms with van der Waals surface area (Å²) < 4.78 is 5.21. The van der Waals surface area contributed by atoms with E-state index in [0.717, 1.165) is 29.3 Å². The van der Waals surface area contributed by atoms with Gasteiger partial charge in [-0.15, -0.1) is 0 Å². The van der Waals surface area contributed by atoms with Crippen LogP contribution in [0.3, 0.4) is 0 Å². The Morgan fingerprint density at radius 3 is 2.89 bits per heavy atom. The summed E-state index contributed by atoms with van der Waals surface area (Å²) in [4.78, 5) is 0. The largest absolute Gasteiger partial charge is 0.497 e. The van der Waals surface area contributed by atoms with Gasteiger partial charge in [-0.1, -0.05) is 18.7 Å². The van der Waals surface area contributed by atoms with Crippen LogP contribution in [-0.2, 0) is 0 Å². The van der Waals surface area contributed by atoms with Crippen molar-refractivity contribution >= 4 is 5.71 Å². The third-order valence-electron chi connectivity index (χ3n) is 2.83. The molecule has 0 fully saturated rings. The number of methoxy groups -OCH3 is 1. The van der Waals surface area contributed by atoms with Crippen molar-refractivity contribution in [2.75, 3.05) is 13.7 Å². The molecule has 0 amide bonds. The Balaban J connectivity index is 2.40. The predicted molar refractivity (Wildman–Crippen MR) is 73.3 cm³/mol. The highest BCUT2D eigenvalue weighted by molar-refractivity contribution is 6.10. The molecule has 18 heavy (non-hydrogen) atoms. The molecule has 1 aliphatic rings. The minimum Gasteiger partial charge on any atom is -0.497 e. The molecule has 0 unspecified atom stereocenters. The Bertz CT molecular complexity index is 532. The summed E-state index contributed by atoms with van der Waals surface area (Å²) in [6, 6.07) is 7.74. The Morgan fingerprint density at radius 2 is 2.22 bits per heavy atom. The molecular weight excluding hydrogens is 226 g/mol. The number of hydrogen-bond acceptors (Lipinski definition) is 4. The molecule has 0 bridgehead atoms. The van der Waals surface area contributed by atoms with Crippen LogP contribution in [0.15, 0.2) is 53.4 Å². The first kappa shape index (κ1) is 12.2. The van der Waals surface area contributed by atoms with E-state index in [2.05, 4.69) is 11.7 Å². The number of hydrazone groups is 1. The zero-order valence-electron chi connectivity index (χ0n) is 10.7. The lowest BCUT2D eigenvalue weighted by molar-refractivity contribution is 0.389. The zero-order valence-corrected chi connectivity index (χ0v) is 10.7. The quantitative estimate of drug-likeness (QED) is 0.884. The van der Waals surface area contributed by atoms with Crippen LogP contribution in [0.25, 0.3) is 0 Å². The van der Waals surface area contributed by atoms with Crippen LogP contribution >= 0.6 is 0 Å². The third kappa shape index (κ3) is 2.22. The van der Waals surface area contributed by atoms with Gasteiger partial charge < -0.3 is 10.5 Å². The van der Waals surface area contributed by atoms with Crippen molar-refractivity contribution in [3.05, 3.63) is 53.9 Å². The smallest absolute Gasteiger partial charge is 0.119 e. The molecule has 0 saturated heterocycles. The molecule has 0 atom stereocenters. The van der Waals surface area contributed by atoms with Gasteiger partial charge in [-0.25, -0.2) is 0 Å². The van der Waals surface area contributed by atoms with E-state index in [9.17, 15) is 0 Å². The van der Waals surface area contributed by atoms with Crippen molar-refractivity contribution in [3.63, 3.8) is 0 Å². The molecule has 0 spiro atoms. The molecule has 1 aliphatic heterocycles. The SMILES string of the molecule is C=C1C(N)=CC(c2cccc(OC)c2)=NN1CC.